The van der Waals surface area contributed by atoms with E-state index in [0.717, 1.165) is 18.5 Å². The molecule has 0 radical (unpaired) electrons. The summed E-state index contributed by atoms with van der Waals surface area (Å²) in [5, 5.41) is 5.08. The van der Waals surface area contributed by atoms with Gasteiger partial charge in [-0.25, -0.2) is 0 Å². The van der Waals surface area contributed by atoms with Gasteiger partial charge in [0, 0.05) is 16.8 Å². The Labute approximate surface area is 124 Å². The fourth-order valence-corrected chi connectivity index (χ4v) is 2.46. The van der Waals surface area contributed by atoms with Crippen molar-refractivity contribution >= 4 is 17.4 Å². The fourth-order valence-electron chi connectivity index (χ4n) is 2.27. The minimum Gasteiger partial charge on any atom is -0.294 e. The highest BCUT2D eigenvalue weighted by molar-refractivity contribution is 6.31. The van der Waals surface area contributed by atoms with Crippen molar-refractivity contribution in [1.29, 1.82) is 0 Å². The molecule has 1 heterocycles. The average Bonchev–Trinajstić information content (AvgIpc) is 2.88. The number of hydrogen-bond donors (Lipinski definition) is 0. The van der Waals surface area contributed by atoms with Crippen LogP contribution in [0.15, 0.2) is 36.5 Å². The molecule has 3 nitrogen and oxygen atoms in total. The van der Waals surface area contributed by atoms with Gasteiger partial charge in [0.2, 0.25) is 0 Å². The van der Waals surface area contributed by atoms with E-state index in [0.29, 0.717) is 23.0 Å². The number of benzene rings is 1. The molecule has 1 aromatic carbocycles. The van der Waals surface area contributed by atoms with Crippen molar-refractivity contribution in [3.05, 3.63) is 52.8 Å². The second kappa shape index (κ2) is 6.71. The monoisotopic (exact) mass is 290 g/mol. The minimum absolute atomic E-state index is 0.0438. The van der Waals surface area contributed by atoms with Gasteiger partial charge in [-0.3, -0.25) is 9.48 Å². The zero-order valence-corrected chi connectivity index (χ0v) is 12.6. The summed E-state index contributed by atoms with van der Waals surface area (Å²) >= 11 is 5.90. The number of carbonyl (C=O) groups excluding carboxylic acids is 1. The van der Waals surface area contributed by atoms with Crippen LogP contribution in [0.4, 0.5) is 0 Å². The van der Waals surface area contributed by atoms with Crippen LogP contribution < -0.4 is 0 Å². The van der Waals surface area contributed by atoms with Crippen LogP contribution in [0.25, 0.3) is 0 Å². The van der Waals surface area contributed by atoms with E-state index in [1.54, 1.807) is 24.3 Å². The van der Waals surface area contributed by atoms with E-state index >= 15 is 0 Å². The number of hydrogen-bond acceptors (Lipinski definition) is 2. The molecule has 0 spiro atoms. The maximum absolute atomic E-state index is 12.2. The molecule has 0 saturated heterocycles. The lowest BCUT2D eigenvalue weighted by Gasteiger charge is -2.12. The lowest BCUT2D eigenvalue weighted by atomic mass is 10.1. The smallest absolute Gasteiger partial charge is 0.168 e. The third kappa shape index (κ3) is 3.48. The number of ketones is 1. The van der Waals surface area contributed by atoms with Crippen LogP contribution in [-0.4, -0.2) is 15.6 Å². The molecule has 0 amide bonds. The van der Waals surface area contributed by atoms with Gasteiger partial charge in [-0.05, 0) is 31.0 Å². The van der Waals surface area contributed by atoms with E-state index in [9.17, 15) is 4.79 Å². The van der Waals surface area contributed by atoms with Gasteiger partial charge in [0.25, 0.3) is 0 Å². The highest BCUT2D eigenvalue weighted by atomic mass is 35.5. The Bertz CT molecular complexity index is 588. The van der Waals surface area contributed by atoms with Crippen molar-refractivity contribution in [3.8, 4) is 0 Å². The zero-order chi connectivity index (χ0) is 14.5. The second-order valence-corrected chi connectivity index (χ2v) is 5.30. The Morgan fingerprint density at radius 3 is 2.70 bits per heavy atom. The standard InChI is InChI=1S/C16H19ClN2O/c1-3-15(4-2)19-9-8-14(18-19)11-16(20)12-6-5-7-13(17)10-12/h5-10,15H,3-4,11H2,1-2H3. The van der Waals surface area contributed by atoms with E-state index in [-0.39, 0.29) is 5.78 Å². The number of halogens is 1. The predicted molar refractivity (Wildman–Crippen MR) is 81.3 cm³/mol. The van der Waals surface area contributed by atoms with E-state index < -0.39 is 0 Å². The van der Waals surface area contributed by atoms with E-state index in [1.807, 2.05) is 16.9 Å². The van der Waals surface area contributed by atoms with Crippen LogP contribution in [0, 0.1) is 0 Å². The Balaban J connectivity index is 2.09. The first-order chi connectivity index (χ1) is 9.63. The normalized spacial score (nSPS) is 11.0. The number of aromatic nitrogens is 2. The summed E-state index contributed by atoms with van der Waals surface area (Å²) in [5.74, 6) is 0.0438. The Kier molecular flexibility index (Phi) is 4.96. The summed E-state index contributed by atoms with van der Waals surface area (Å²) in [7, 11) is 0. The molecule has 0 aliphatic heterocycles. The third-order valence-corrected chi connectivity index (χ3v) is 3.70. The Morgan fingerprint density at radius 2 is 2.05 bits per heavy atom. The van der Waals surface area contributed by atoms with Gasteiger partial charge in [-0.2, -0.15) is 5.10 Å². The van der Waals surface area contributed by atoms with Gasteiger partial charge in [-0.1, -0.05) is 37.6 Å². The first-order valence-corrected chi connectivity index (χ1v) is 7.34. The van der Waals surface area contributed by atoms with Gasteiger partial charge >= 0.3 is 0 Å². The molecule has 106 valence electrons. The summed E-state index contributed by atoms with van der Waals surface area (Å²) in [6.45, 7) is 4.29. The Morgan fingerprint density at radius 1 is 1.30 bits per heavy atom. The van der Waals surface area contributed by atoms with Crippen molar-refractivity contribution in [2.45, 2.75) is 39.2 Å². The van der Waals surface area contributed by atoms with Gasteiger partial charge in [0.05, 0.1) is 18.2 Å². The SMILES string of the molecule is CCC(CC)n1ccc(CC(=O)c2cccc(Cl)c2)n1. The van der Waals surface area contributed by atoms with E-state index in [1.165, 1.54) is 0 Å². The summed E-state index contributed by atoms with van der Waals surface area (Å²) < 4.78 is 1.96. The molecular formula is C16H19ClN2O. The van der Waals surface area contributed by atoms with E-state index in [2.05, 4.69) is 18.9 Å². The van der Waals surface area contributed by atoms with Crippen molar-refractivity contribution in [2.24, 2.45) is 0 Å². The first-order valence-electron chi connectivity index (χ1n) is 6.96. The zero-order valence-electron chi connectivity index (χ0n) is 11.8. The largest absolute Gasteiger partial charge is 0.294 e. The molecule has 0 saturated carbocycles. The van der Waals surface area contributed by atoms with Crippen LogP contribution in [0.1, 0.15) is 48.8 Å². The van der Waals surface area contributed by atoms with Crippen molar-refractivity contribution in [2.75, 3.05) is 0 Å². The van der Waals surface area contributed by atoms with Crippen LogP contribution in [0.2, 0.25) is 5.02 Å². The van der Waals surface area contributed by atoms with Gasteiger partial charge in [0.1, 0.15) is 0 Å². The maximum Gasteiger partial charge on any atom is 0.168 e. The summed E-state index contributed by atoms with van der Waals surface area (Å²) in [5.41, 5.74) is 1.44. The first kappa shape index (κ1) is 14.8. The molecule has 4 heteroatoms. The Hall–Kier alpha value is -1.61. The number of Topliss-reactive ketones (excluding diaryl/α,β-unsaturated/α-hetero) is 1. The fraction of sp³-hybridized carbons (Fsp3) is 0.375. The van der Waals surface area contributed by atoms with Crippen molar-refractivity contribution in [1.82, 2.24) is 9.78 Å². The summed E-state index contributed by atoms with van der Waals surface area (Å²) in [6.07, 6.45) is 4.35. The number of nitrogens with zero attached hydrogens (tertiary/aromatic N) is 2. The number of rotatable bonds is 6. The highest BCUT2D eigenvalue weighted by Crippen LogP contribution is 2.16. The predicted octanol–water partition coefficient (Wildman–Crippen LogP) is 4.32. The highest BCUT2D eigenvalue weighted by Gasteiger charge is 2.12. The average molecular weight is 291 g/mol. The van der Waals surface area contributed by atoms with Gasteiger partial charge < -0.3 is 0 Å². The molecule has 0 aliphatic carbocycles. The van der Waals surface area contributed by atoms with Crippen LogP contribution >= 0.6 is 11.6 Å². The molecule has 2 rings (SSSR count). The molecule has 0 bridgehead atoms. The van der Waals surface area contributed by atoms with Crippen molar-refractivity contribution in [3.63, 3.8) is 0 Å². The molecule has 0 fully saturated rings. The molecule has 0 unspecified atom stereocenters. The second-order valence-electron chi connectivity index (χ2n) is 4.87. The molecule has 0 atom stereocenters. The van der Waals surface area contributed by atoms with Gasteiger partial charge in [-0.15, -0.1) is 0 Å². The molecule has 1 aromatic heterocycles. The van der Waals surface area contributed by atoms with Gasteiger partial charge in [0.15, 0.2) is 5.78 Å². The maximum atomic E-state index is 12.2. The molecule has 20 heavy (non-hydrogen) atoms. The summed E-state index contributed by atoms with van der Waals surface area (Å²) in [4.78, 5) is 12.2. The van der Waals surface area contributed by atoms with Crippen LogP contribution in [0.5, 0.6) is 0 Å². The van der Waals surface area contributed by atoms with Crippen LogP contribution in [-0.2, 0) is 6.42 Å². The lowest BCUT2D eigenvalue weighted by Crippen LogP contribution is -2.09. The number of carbonyl (C=O) groups is 1. The molecule has 0 aliphatic rings. The van der Waals surface area contributed by atoms with Crippen molar-refractivity contribution < 1.29 is 4.79 Å². The quantitative estimate of drug-likeness (QED) is 0.743. The van der Waals surface area contributed by atoms with Crippen LogP contribution in [0.3, 0.4) is 0 Å². The molecular weight excluding hydrogens is 272 g/mol. The third-order valence-electron chi connectivity index (χ3n) is 3.47. The lowest BCUT2D eigenvalue weighted by molar-refractivity contribution is 0.0991. The summed E-state index contributed by atoms with van der Waals surface area (Å²) in [6, 6.07) is 9.36. The topological polar surface area (TPSA) is 34.9 Å². The molecule has 2 aromatic rings. The van der Waals surface area contributed by atoms with E-state index in [4.69, 9.17) is 11.6 Å². The minimum atomic E-state index is 0.0438. The molecule has 0 N–H and O–H groups in total.